The molecule has 0 aliphatic carbocycles. The smallest absolute Gasteiger partial charge is 0.410 e. The van der Waals surface area contributed by atoms with Crippen molar-refractivity contribution >= 4 is 6.09 Å². The lowest BCUT2D eigenvalue weighted by atomic mass is 10.2. The number of ether oxygens (including phenoxy) is 2. The molecule has 1 atom stereocenters. The molecule has 5 nitrogen and oxygen atoms in total. The van der Waals surface area contributed by atoms with Crippen LogP contribution in [0.1, 0.15) is 6.92 Å². The van der Waals surface area contributed by atoms with Crippen LogP contribution in [0, 0.1) is 0 Å². The summed E-state index contributed by atoms with van der Waals surface area (Å²) in [6.07, 6.45) is -0.240. The molecular weight excluding hydrogens is 184 g/mol. The highest BCUT2D eigenvalue weighted by atomic mass is 16.6. The summed E-state index contributed by atoms with van der Waals surface area (Å²) in [5.41, 5.74) is 0. The number of hydrogen-bond donors (Lipinski definition) is 1. The van der Waals surface area contributed by atoms with Crippen molar-refractivity contribution in [2.24, 2.45) is 0 Å². The highest BCUT2D eigenvalue weighted by molar-refractivity contribution is 5.68. The molecule has 1 aliphatic rings. The fourth-order valence-corrected chi connectivity index (χ4v) is 1.41. The first-order valence-corrected chi connectivity index (χ1v) is 4.88. The molecule has 0 bridgehead atoms. The summed E-state index contributed by atoms with van der Waals surface area (Å²) < 4.78 is 9.82. The maximum Gasteiger partial charge on any atom is 0.410 e. The second-order valence-corrected chi connectivity index (χ2v) is 3.35. The Labute approximate surface area is 84.4 Å². The fraction of sp³-hybridized carbons (Fsp3) is 0.889. The number of rotatable bonds is 3. The van der Waals surface area contributed by atoms with Gasteiger partial charge in [0.05, 0.1) is 6.61 Å². The predicted octanol–water partition coefficient (Wildman–Crippen LogP) is 0.0631. The van der Waals surface area contributed by atoms with Crippen LogP contribution in [0.25, 0.3) is 0 Å². The zero-order chi connectivity index (χ0) is 10.4. The number of piperazine rings is 1. The fourth-order valence-electron chi connectivity index (χ4n) is 1.41. The van der Waals surface area contributed by atoms with Crippen molar-refractivity contribution in [3.63, 3.8) is 0 Å². The van der Waals surface area contributed by atoms with Crippen LogP contribution >= 0.6 is 0 Å². The highest BCUT2D eigenvalue weighted by Gasteiger charge is 2.23. The Balaban J connectivity index is 2.27. The van der Waals surface area contributed by atoms with Crippen LogP contribution in [0.15, 0.2) is 0 Å². The zero-order valence-corrected chi connectivity index (χ0v) is 8.78. The van der Waals surface area contributed by atoms with Crippen LogP contribution in [0.2, 0.25) is 0 Å². The van der Waals surface area contributed by atoms with Crippen LogP contribution in [0.4, 0.5) is 4.79 Å². The lowest BCUT2D eigenvalue weighted by Gasteiger charge is -2.32. The maximum atomic E-state index is 11.5. The first-order valence-electron chi connectivity index (χ1n) is 4.88. The topological polar surface area (TPSA) is 50.8 Å². The van der Waals surface area contributed by atoms with Crippen LogP contribution in [-0.2, 0) is 9.47 Å². The van der Waals surface area contributed by atoms with E-state index in [1.54, 1.807) is 12.0 Å². The average Bonchev–Trinajstić information content (AvgIpc) is 2.18. The second kappa shape index (κ2) is 5.82. The summed E-state index contributed by atoms with van der Waals surface area (Å²) >= 11 is 0. The molecule has 1 unspecified atom stereocenters. The Kier molecular flexibility index (Phi) is 4.69. The van der Waals surface area contributed by atoms with Gasteiger partial charge in [-0.05, 0) is 6.92 Å². The van der Waals surface area contributed by atoms with Crippen molar-refractivity contribution in [1.29, 1.82) is 0 Å². The van der Waals surface area contributed by atoms with E-state index in [0.717, 1.165) is 13.1 Å². The van der Waals surface area contributed by atoms with E-state index in [-0.39, 0.29) is 12.1 Å². The van der Waals surface area contributed by atoms with Gasteiger partial charge in [-0.15, -0.1) is 0 Å². The van der Waals surface area contributed by atoms with Crippen LogP contribution in [-0.4, -0.2) is 57.0 Å². The Morgan fingerprint density at radius 2 is 2.36 bits per heavy atom. The predicted molar refractivity (Wildman–Crippen MR) is 52.3 cm³/mol. The number of hydrogen-bond acceptors (Lipinski definition) is 4. The van der Waals surface area contributed by atoms with Gasteiger partial charge in [0.1, 0.15) is 6.61 Å². The molecule has 1 N–H and O–H groups in total. The third-order valence-corrected chi connectivity index (χ3v) is 2.25. The summed E-state index contributed by atoms with van der Waals surface area (Å²) in [5.74, 6) is 0. The van der Waals surface area contributed by atoms with E-state index in [1.807, 2.05) is 6.92 Å². The Morgan fingerprint density at radius 3 is 3.00 bits per heavy atom. The van der Waals surface area contributed by atoms with Crippen molar-refractivity contribution < 1.29 is 14.3 Å². The van der Waals surface area contributed by atoms with E-state index in [2.05, 4.69) is 5.32 Å². The number of carbonyl (C=O) groups is 1. The minimum absolute atomic E-state index is 0.207. The molecule has 5 heteroatoms. The van der Waals surface area contributed by atoms with Gasteiger partial charge in [0.15, 0.2) is 0 Å². The zero-order valence-electron chi connectivity index (χ0n) is 8.78. The lowest BCUT2D eigenvalue weighted by Crippen LogP contribution is -2.52. The lowest BCUT2D eigenvalue weighted by molar-refractivity contribution is 0.0581. The van der Waals surface area contributed by atoms with Crippen molar-refractivity contribution in [2.75, 3.05) is 40.0 Å². The molecule has 1 amide bonds. The average molecular weight is 202 g/mol. The molecule has 1 rings (SSSR count). The number of amides is 1. The second-order valence-electron chi connectivity index (χ2n) is 3.35. The van der Waals surface area contributed by atoms with Gasteiger partial charge in [-0.3, -0.25) is 0 Å². The van der Waals surface area contributed by atoms with Gasteiger partial charge in [0.25, 0.3) is 0 Å². The summed E-state index contributed by atoms with van der Waals surface area (Å²) in [6, 6.07) is 0.207. The van der Waals surface area contributed by atoms with Gasteiger partial charge >= 0.3 is 6.09 Å². The van der Waals surface area contributed by atoms with E-state index in [4.69, 9.17) is 9.47 Å². The molecule has 82 valence electrons. The van der Waals surface area contributed by atoms with Crippen molar-refractivity contribution in [3.05, 3.63) is 0 Å². The van der Waals surface area contributed by atoms with Crippen LogP contribution in [0.5, 0.6) is 0 Å². The van der Waals surface area contributed by atoms with E-state index in [0.29, 0.717) is 19.8 Å². The van der Waals surface area contributed by atoms with Crippen LogP contribution < -0.4 is 5.32 Å². The highest BCUT2D eigenvalue weighted by Crippen LogP contribution is 2.04. The molecule has 0 radical (unpaired) electrons. The molecule has 0 aromatic carbocycles. The molecule has 14 heavy (non-hydrogen) atoms. The first-order chi connectivity index (χ1) is 6.75. The molecule has 1 heterocycles. The van der Waals surface area contributed by atoms with Crippen molar-refractivity contribution in [1.82, 2.24) is 10.2 Å². The van der Waals surface area contributed by atoms with E-state index in [9.17, 15) is 4.79 Å². The van der Waals surface area contributed by atoms with Crippen molar-refractivity contribution in [3.8, 4) is 0 Å². The number of carbonyl (C=O) groups excluding carboxylic acids is 1. The van der Waals surface area contributed by atoms with E-state index >= 15 is 0 Å². The molecule has 0 spiro atoms. The molecule has 0 aromatic heterocycles. The maximum absolute atomic E-state index is 11.5. The molecule has 1 aliphatic heterocycles. The van der Waals surface area contributed by atoms with Gasteiger partial charge in [-0.2, -0.15) is 0 Å². The SMILES string of the molecule is COCCOC(=O)N1CCNCC1C. The Bertz CT molecular complexity index is 187. The first kappa shape index (κ1) is 11.3. The normalized spacial score (nSPS) is 22.1. The number of methoxy groups -OCH3 is 1. The number of nitrogens with one attached hydrogen (secondary N) is 1. The van der Waals surface area contributed by atoms with Gasteiger partial charge in [0.2, 0.25) is 0 Å². The minimum Gasteiger partial charge on any atom is -0.447 e. The summed E-state index contributed by atoms with van der Waals surface area (Å²) in [7, 11) is 1.58. The summed E-state index contributed by atoms with van der Waals surface area (Å²) in [6.45, 7) is 5.16. The molecule has 0 aromatic rings. The molecular formula is C9H18N2O3. The minimum atomic E-state index is -0.240. The van der Waals surface area contributed by atoms with Gasteiger partial charge in [-0.1, -0.05) is 0 Å². The quantitative estimate of drug-likeness (QED) is 0.658. The molecule has 1 saturated heterocycles. The third kappa shape index (κ3) is 3.16. The molecule has 1 fully saturated rings. The van der Waals surface area contributed by atoms with E-state index in [1.165, 1.54) is 0 Å². The number of nitrogens with zero attached hydrogens (tertiary/aromatic N) is 1. The van der Waals surface area contributed by atoms with Gasteiger partial charge in [0, 0.05) is 32.8 Å². The third-order valence-electron chi connectivity index (χ3n) is 2.25. The monoisotopic (exact) mass is 202 g/mol. The van der Waals surface area contributed by atoms with E-state index < -0.39 is 0 Å². The largest absolute Gasteiger partial charge is 0.447 e. The van der Waals surface area contributed by atoms with Crippen molar-refractivity contribution in [2.45, 2.75) is 13.0 Å². The Morgan fingerprint density at radius 1 is 1.57 bits per heavy atom. The van der Waals surface area contributed by atoms with Crippen LogP contribution in [0.3, 0.4) is 0 Å². The molecule has 0 saturated carbocycles. The van der Waals surface area contributed by atoms with Gasteiger partial charge in [-0.25, -0.2) is 4.79 Å². The standard InChI is InChI=1S/C9H18N2O3/c1-8-7-10-3-4-11(8)9(12)14-6-5-13-2/h8,10H,3-7H2,1-2H3. The summed E-state index contributed by atoms with van der Waals surface area (Å²) in [4.78, 5) is 13.2. The van der Waals surface area contributed by atoms with Gasteiger partial charge < -0.3 is 19.7 Å². The Hall–Kier alpha value is -0.810. The summed E-state index contributed by atoms with van der Waals surface area (Å²) in [5, 5.41) is 3.21.